The van der Waals surface area contributed by atoms with Crippen LogP contribution in [-0.4, -0.2) is 61.5 Å². The van der Waals surface area contributed by atoms with Crippen LogP contribution in [0.15, 0.2) is 54.6 Å². The van der Waals surface area contributed by atoms with Crippen molar-refractivity contribution in [2.75, 3.05) is 33.7 Å². The predicted octanol–water partition coefficient (Wildman–Crippen LogP) is 4.59. The van der Waals surface area contributed by atoms with Crippen molar-refractivity contribution >= 4 is 17.5 Å². The van der Waals surface area contributed by atoms with E-state index in [2.05, 4.69) is 65.6 Å². The molecule has 0 radical (unpaired) electrons. The highest BCUT2D eigenvalue weighted by Crippen LogP contribution is 2.45. The first-order valence-corrected chi connectivity index (χ1v) is 12.4. The fourth-order valence-electron chi connectivity index (χ4n) is 5.69. The molecule has 1 saturated heterocycles. The number of hydrogen-bond acceptors (Lipinski definition) is 3. The molecule has 1 saturated carbocycles. The van der Waals surface area contributed by atoms with Gasteiger partial charge in [0.25, 0.3) is 0 Å². The van der Waals surface area contributed by atoms with Crippen LogP contribution in [-0.2, 0) is 11.2 Å². The Bertz CT molecular complexity index is 870. The molecule has 0 unspecified atom stereocenters. The van der Waals surface area contributed by atoms with Crippen LogP contribution in [0.4, 0.5) is 0 Å². The van der Waals surface area contributed by atoms with Crippen molar-refractivity contribution in [3.05, 3.63) is 70.7 Å². The number of fused-ring (bicyclic) bond motifs is 1. The number of amides is 1. The lowest BCUT2D eigenvalue weighted by Gasteiger charge is -2.51. The zero-order valence-corrected chi connectivity index (χ0v) is 20.1. The maximum Gasteiger partial charge on any atom is 0.223 e. The van der Waals surface area contributed by atoms with Gasteiger partial charge in [0.05, 0.1) is 0 Å². The standard InChI is InChI=1S/C27H36ClN3O/c1-30(2)18-16-29-24-9-6-10-25-27(24)23(21-11-13-22(28)14-12-21)19-26(32)31(25)17-15-20-7-4-3-5-8-20/h3-5,7-8,11-14,23-25,27,29H,6,9-10,15-19H2,1-2H3/t23-,24+,25-,27+/m1/s1. The molecular weight excluding hydrogens is 418 g/mol. The number of carbonyl (C=O) groups excluding carboxylic acids is 1. The van der Waals surface area contributed by atoms with Crippen molar-refractivity contribution in [3.63, 3.8) is 0 Å². The van der Waals surface area contributed by atoms with Crippen molar-refractivity contribution in [2.24, 2.45) is 5.92 Å². The van der Waals surface area contributed by atoms with Gasteiger partial charge < -0.3 is 15.1 Å². The van der Waals surface area contributed by atoms with E-state index in [0.717, 1.165) is 37.5 Å². The summed E-state index contributed by atoms with van der Waals surface area (Å²) >= 11 is 6.17. The Morgan fingerprint density at radius 3 is 2.53 bits per heavy atom. The SMILES string of the molecule is CN(C)CCN[C@H]1CCC[C@@H]2[C@H]1[C@@H](c1ccc(Cl)cc1)CC(=O)N2CCc1ccccc1. The first kappa shape index (κ1) is 23.3. The minimum Gasteiger partial charge on any atom is -0.339 e. The molecule has 1 amide bonds. The van der Waals surface area contributed by atoms with Crippen LogP contribution in [0.25, 0.3) is 0 Å². The lowest BCUT2D eigenvalue weighted by molar-refractivity contribution is -0.142. The second-order valence-corrected chi connectivity index (χ2v) is 10.1. The van der Waals surface area contributed by atoms with E-state index >= 15 is 0 Å². The summed E-state index contributed by atoms with van der Waals surface area (Å²) in [6.07, 6.45) is 4.95. The van der Waals surface area contributed by atoms with Crippen LogP contribution >= 0.6 is 11.6 Å². The molecule has 0 bridgehead atoms. The second-order valence-electron chi connectivity index (χ2n) is 9.62. The number of likely N-dealkylation sites (tertiary alicyclic amines) is 1. The molecule has 1 aliphatic carbocycles. The fourth-order valence-corrected chi connectivity index (χ4v) is 5.81. The molecule has 4 rings (SSSR count). The third kappa shape index (κ3) is 5.54. The van der Waals surface area contributed by atoms with Gasteiger partial charge in [0.2, 0.25) is 5.91 Å². The Morgan fingerprint density at radius 1 is 1.06 bits per heavy atom. The van der Waals surface area contributed by atoms with E-state index < -0.39 is 0 Å². The summed E-state index contributed by atoms with van der Waals surface area (Å²) in [4.78, 5) is 17.8. The van der Waals surface area contributed by atoms with Crippen LogP contribution in [0.2, 0.25) is 5.02 Å². The van der Waals surface area contributed by atoms with E-state index in [1.165, 1.54) is 24.0 Å². The molecule has 0 spiro atoms. The number of carbonyl (C=O) groups is 1. The summed E-state index contributed by atoms with van der Waals surface area (Å²) in [6, 6.07) is 19.5. The molecule has 32 heavy (non-hydrogen) atoms. The third-order valence-electron chi connectivity index (χ3n) is 7.25. The van der Waals surface area contributed by atoms with Crippen LogP contribution in [0.5, 0.6) is 0 Å². The van der Waals surface area contributed by atoms with Crippen molar-refractivity contribution in [3.8, 4) is 0 Å². The second kappa shape index (κ2) is 10.8. The summed E-state index contributed by atoms with van der Waals surface area (Å²) in [5, 5.41) is 4.62. The quantitative estimate of drug-likeness (QED) is 0.635. The molecule has 2 aliphatic rings. The van der Waals surface area contributed by atoms with Crippen molar-refractivity contribution in [2.45, 2.75) is 50.1 Å². The van der Waals surface area contributed by atoms with Crippen LogP contribution in [0, 0.1) is 5.92 Å². The molecule has 5 heteroatoms. The molecular formula is C27H36ClN3O. The smallest absolute Gasteiger partial charge is 0.223 e. The molecule has 0 aromatic heterocycles. The predicted molar refractivity (Wildman–Crippen MR) is 132 cm³/mol. The van der Waals surface area contributed by atoms with E-state index in [1.54, 1.807) is 0 Å². The minimum absolute atomic E-state index is 0.245. The van der Waals surface area contributed by atoms with Crippen LogP contribution in [0.1, 0.15) is 42.7 Å². The van der Waals surface area contributed by atoms with Gasteiger partial charge in [-0.15, -0.1) is 0 Å². The van der Waals surface area contributed by atoms with Gasteiger partial charge in [0, 0.05) is 49.1 Å². The minimum atomic E-state index is 0.245. The monoisotopic (exact) mass is 453 g/mol. The van der Waals surface area contributed by atoms with E-state index in [-0.39, 0.29) is 5.92 Å². The van der Waals surface area contributed by atoms with E-state index in [0.29, 0.717) is 30.3 Å². The Balaban J connectivity index is 1.57. The van der Waals surface area contributed by atoms with Crippen LogP contribution in [0.3, 0.4) is 0 Å². The summed E-state index contributed by atoms with van der Waals surface area (Å²) < 4.78 is 0. The number of nitrogens with one attached hydrogen (secondary N) is 1. The average Bonchev–Trinajstić information content (AvgIpc) is 2.79. The molecule has 2 aromatic carbocycles. The molecule has 1 heterocycles. The van der Waals surface area contributed by atoms with Crippen molar-refractivity contribution in [1.82, 2.24) is 15.1 Å². The first-order chi connectivity index (χ1) is 15.5. The average molecular weight is 454 g/mol. The Hall–Kier alpha value is -1.88. The number of likely N-dealkylation sites (N-methyl/N-ethyl adjacent to an activating group) is 1. The maximum atomic E-state index is 13.4. The number of rotatable bonds is 8. The van der Waals surface area contributed by atoms with Crippen LogP contribution < -0.4 is 5.32 Å². The molecule has 4 atom stereocenters. The van der Waals surface area contributed by atoms with Crippen molar-refractivity contribution in [1.29, 1.82) is 0 Å². The zero-order chi connectivity index (χ0) is 22.5. The van der Waals surface area contributed by atoms with Gasteiger partial charge in [-0.05, 0) is 69.0 Å². The highest BCUT2D eigenvalue weighted by Gasteiger charge is 2.47. The lowest BCUT2D eigenvalue weighted by atomic mass is 9.66. The summed E-state index contributed by atoms with van der Waals surface area (Å²) in [7, 11) is 4.24. The van der Waals surface area contributed by atoms with Gasteiger partial charge >= 0.3 is 0 Å². The summed E-state index contributed by atoms with van der Waals surface area (Å²) in [5.74, 6) is 0.978. The van der Waals surface area contributed by atoms with Gasteiger partial charge in [-0.3, -0.25) is 4.79 Å². The van der Waals surface area contributed by atoms with E-state index in [4.69, 9.17) is 11.6 Å². The molecule has 172 valence electrons. The lowest BCUT2D eigenvalue weighted by Crippen LogP contribution is -2.60. The van der Waals surface area contributed by atoms with E-state index in [9.17, 15) is 4.79 Å². The number of nitrogens with zero attached hydrogens (tertiary/aromatic N) is 2. The Morgan fingerprint density at radius 2 is 1.81 bits per heavy atom. The Labute approximate surface area is 197 Å². The third-order valence-corrected chi connectivity index (χ3v) is 7.50. The van der Waals surface area contributed by atoms with E-state index in [1.807, 2.05) is 18.2 Å². The van der Waals surface area contributed by atoms with Gasteiger partial charge in [-0.1, -0.05) is 54.1 Å². The largest absolute Gasteiger partial charge is 0.339 e. The van der Waals surface area contributed by atoms with Gasteiger partial charge in [0.1, 0.15) is 0 Å². The van der Waals surface area contributed by atoms with Gasteiger partial charge in [-0.25, -0.2) is 0 Å². The number of hydrogen-bond donors (Lipinski definition) is 1. The number of piperidine rings is 1. The van der Waals surface area contributed by atoms with Gasteiger partial charge in [0.15, 0.2) is 0 Å². The maximum absolute atomic E-state index is 13.4. The summed E-state index contributed by atoms with van der Waals surface area (Å²) in [6.45, 7) is 2.81. The van der Waals surface area contributed by atoms with Gasteiger partial charge in [-0.2, -0.15) is 0 Å². The fraction of sp³-hybridized carbons (Fsp3) is 0.519. The molecule has 4 nitrogen and oxygen atoms in total. The highest BCUT2D eigenvalue weighted by molar-refractivity contribution is 6.30. The zero-order valence-electron chi connectivity index (χ0n) is 19.3. The normalized spacial score (nSPS) is 25.8. The summed E-state index contributed by atoms with van der Waals surface area (Å²) in [5.41, 5.74) is 2.55. The van der Waals surface area contributed by atoms with Crippen molar-refractivity contribution < 1.29 is 4.79 Å². The highest BCUT2D eigenvalue weighted by atomic mass is 35.5. The number of benzene rings is 2. The first-order valence-electron chi connectivity index (χ1n) is 12.0. The number of halogens is 1. The Kier molecular flexibility index (Phi) is 7.88. The molecule has 1 N–H and O–H groups in total. The molecule has 1 aliphatic heterocycles. The molecule has 2 aromatic rings. The molecule has 2 fully saturated rings. The topological polar surface area (TPSA) is 35.6 Å².